The Bertz CT molecular complexity index is 1210. The van der Waals surface area contributed by atoms with Gasteiger partial charge in [0, 0.05) is 6.54 Å². The van der Waals surface area contributed by atoms with Gasteiger partial charge in [0.25, 0.3) is 0 Å². The molecule has 0 heterocycles. The Morgan fingerprint density at radius 2 is 1.51 bits per heavy atom. The number of para-hydroxylation sites is 1. The van der Waals surface area contributed by atoms with Crippen LogP contribution in [-0.4, -0.2) is 23.0 Å². The highest BCUT2D eigenvalue weighted by Gasteiger charge is 2.64. The van der Waals surface area contributed by atoms with Crippen molar-refractivity contribution in [2.75, 3.05) is 0 Å². The van der Waals surface area contributed by atoms with Crippen LogP contribution in [0.5, 0.6) is 11.5 Å². The second-order valence-electron chi connectivity index (χ2n) is 9.37. The molecule has 0 aromatic heterocycles. The maximum absolute atomic E-state index is 13.3. The summed E-state index contributed by atoms with van der Waals surface area (Å²) in [4.78, 5) is 38.3. The fraction of sp³-hybridized carbons (Fsp3) is 0.300. The molecule has 3 unspecified atom stereocenters. The zero-order valence-corrected chi connectivity index (χ0v) is 20.8. The molecule has 0 radical (unpaired) electrons. The van der Waals surface area contributed by atoms with E-state index in [4.69, 9.17) is 9.47 Å². The number of carbonyl (C=O) groups is 3. The summed E-state index contributed by atoms with van der Waals surface area (Å²) in [6.45, 7) is 2.21. The third-order valence-corrected chi connectivity index (χ3v) is 6.88. The molecule has 1 aliphatic rings. The number of carboxylic acids is 1. The Hall–Kier alpha value is -4.13. The first-order valence-corrected chi connectivity index (χ1v) is 12.5. The van der Waals surface area contributed by atoms with Gasteiger partial charge in [0.15, 0.2) is 0 Å². The van der Waals surface area contributed by atoms with Gasteiger partial charge in [-0.25, -0.2) is 0 Å². The lowest BCUT2D eigenvalue weighted by Gasteiger charge is -2.50. The minimum Gasteiger partial charge on any atom is -0.481 e. The van der Waals surface area contributed by atoms with Crippen LogP contribution in [0.15, 0.2) is 84.9 Å². The van der Waals surface area contributed by atoms with Crippen LogP contribution in [0.25, 0.3) is 0 Å². The number of nitrogens with one attached hydrogen (secondary N) is 1. The van der Waals surface area contributed by atoms with E-state index in [1.54, 1.807) is 0 Å². The second kappa shape index (κ2) is 11.7. The van der Waals surface area contributed by atoms with Gasteiger partial charge in [0.1, 0.15) is 18.1 Å². The van der Waals surface area contributed by atoms with Crippen molar-refractivity contribution in [3.8, 4) is 11.5 Å². The number of esters is 1. The van der Waals surface area contributed by atoms with E-state index in [0.717, 1.165) is 16.9 Å². The fourth-order valence-corrected chi connectivity index (χ4v) is 5.03. The van der Waals surface area contributed by atoms with Crippen LogP contribution < -0.4 is 10.1 Å². The highest BCUT2D eigenvalue weighted by molar-refractivity contribution is 5.95. The van der Waals surface area contributed by atoms with Crippen molar-refractivity contribution in [2.45, 2.75) is 39.3 Å². The fourth-order valence-electron chi connectivity index (χ4n) is 5.03. The largest absolute Gasteiger partial charge is 0.481 e. The highest BCUT2D eigenvalue weighted by atomic mass is 16.5. The van der Waals surface area contributed by atoms with Crippen molar-refractivity contribution in [2.24, 2.45) is 17.3 Å². The van der Waals surface area contributed by atoms with Crippen LogP contribution in [0.2, 0.25) is 0 Å². The van der Waals surface area contributed by atoms with Crippen molar-refractivity contribution in [3.63, 3.8) is 0 Å². The number of hydrogen-bond donors (Lipinski definition) is 2. The molecule has 4 rings (SSSR count). The minimum atomic E-state index is -1.15. The predicted molar refractivity (Wildman–Crippen MR) is 138 cm³/mol. The molecule has 7 heteroatoms. The molecule has 1 saturated carbocycles. The summed E-state index contributed by atoms with van der Waals surface area (Å²) in [7, 11) is 0. The third-order valence-electron chi connectivity index (χ3n) is 6.88. The molecule has 3 atom stereocenters. The van der Waals surface area contributed by atoms with Crippen LogP contribution >= 0.6 is 0 Å². The van der Waals surface area contributed by atoms with Crippen molar-refractivity contribution in [1.82, 2.24) is 5.32 Å². The van der Waals surface area contributed by atoms with Crippen molar-refractivity contribution < 1.29 is 29.0 Å². The number of hydrogen-bond acceptors (Lipinski definition) is 5. The molecular formula is C30H31NO6. The Balaban J connectivity index is 1.38. The molecule has 7 nitrogen and oxygen atoms in total. The monoisotopic (exact) mass is 501 g/mol. The normalized spacial score (nSPS) is 20.4. The lowest BCUT2D eigenvalue weighted by Crippen LogP contribution is -2.61. The zero-order chi connectivity index (χ0) is 26.3. The van der Waals surface area contributed by atoms with E-state index in [0.29, 0.717) is 18.6 Å². The summed E-state index contributed by atoms with van der Waals surface area (Å²) in [5.41, 5.74) is 0.526. The van der Waals surface area contributed by atoms with E-state index in [9.17, 15) is 19.5 Å². The van der Waals surface area contributed by atoms with Gasteiger partial charge < -0.3 is 19.9 Å². The summed E-state index contributed by atoms with van der Waals surface area (Å²) in [5, 5.41) is 12.9. The lowest BCUT2D eigenvalue weighted by atomic mass is 9.51. The summed E-state index contributed by atoms with van der Waals surface area (Å²) in [5.74, 6) is -2.66. The van der Waals surface area contributed by atoms with Crippen LogP contribution in [0.4, 0.5) is 0 Å². The molecule has 192 valence electrons. The molecule has 2 N–H and O–H groups in total. The van der Waals surface area contributed by atoms with Crippen molar-refractivity contribution in [1.29, 1.82) is 0 Å². The van der Waals surface area contributed by atoms with Crippen LogP contribution in [0, 0.1) is 17.3 Å². The number of rotatable bonds is 11. The van der Waals surface area contributed by atoms with E-state index >= 15 is 0 Å². The quantitative estimate of drug-likeness (QED) is 0.344. The summed E-state index contributed by atoms with van der Waals surface area (Å²) >= 11 is 0. The molecule has 3 aromatic carbocycles. The third kappa shape index (κ3) is 6.00. The molecule has 1 amide bonds. The van der Waals surface area contributed by atoms with Crippen molar-refractivity contribution >= 4 is 17.8 Å². The SMILES string of the molecule is CCCC1(C(=O)NCc2ccc(Oc3ccccc3)cc2)CC(C(=O)OCc2ccccc2)C1C(=O)O. The van der Waals surface area contributed by atoms with Gasteiger partial charge in [-0.2, -0.15) is 0 Å². The van der Waals surface area contributed by atoms with Crippen LogP contribution in [0.1, 0.15) is 37.3 Å². The van der Waals surface area contributed by atoms with Gasteiger partial charge in [-0.15, -0.1) is 0 Å². The van der Waals surface area contributed by atoms with Gasteiger partial charge in [0.05, 0.1) is 17.3 Å². The molecule has 1 fully saturated rings. The second-order valence-corrected chi connectivity index (χ2v) is 9.37. The van der Waals surface area contributed by atoms with E-state index < -0.39 is 29.2 Å². The Morgan fingerprint density at radius 3 is 2.14 bits per heavy atom. The van der Waals surface area contributed by atoms with E-state index in [-0.39, 0.29) is 25.5 Å². The number of carboxylic acid groups (broad SMARTS) is 1. The minimum absolute atomic E-state index is 0.0689. The standard InChI is InChI=1S/C30H31NO6/c1-2-17-30(18-25(26(30)27(32)33)28(34)36-20-22-9-5-3-6-10-22)29(35)31-19-21-13-15-24(16-14-21)37-23-11-7-4-8-12-23/h3-16,25-26H,2,17-20H2,1H3,(H,31,35)(H,32,33). The molecule has 37 heavy (non-hydrogen) atoms. The first-order valence-electron chi connectivity index (χ1n) is 12.5. The number of benzene rings is 3. The van der Waals surface area contributed by atoms with Crippen LogP contribution in [-0.2, 0) is 32.3 Å². The zero-order valence-electron chi connectivity index (χ0n) is 20.8. The maximum atomic E-state index is 13.3. The smallest absolute Gasteiger partial charge is 0.310 e. The first kappa shape index (κ1) is 25.9. The molecular weight excluding hydrogens is 470 g/mol. The van der Waals surface area contributed by atoms with Gasteiger partial charge >= 0.3 is 11.9 Å². The molecule has 0 saturated heterocycles. The Kier molecular flexibility index (Phi) is 8.23. The Labute approximate surface area is 216 Å². The van der Waals surface area contributed by atoms with Gasteiger partial charge in [-0.05, 0) is 48.2 Å². The van der Waals surface area contributed by atoms with Gasteiger partial charge in [-0.1, -0.05) is 74.0 Å². The van der Waals surface area contributed by atoms with Crippen molar-refractivity contribution in [3.05, 3.63) is 96.1 Å². The predicted octanol–water partition coefficient (Wildman–Crippen LogP) is 5.35. The molecule has 1 aliphatic carbocycles. The van der Waals surface area contributed by atoms with Crippen LogP contribution in [0.3, 0.4) is 0 Å². The molecule has 3 aromatic rings. The average molecular weight is 502 g/mol. The molecule has 0 bridgehead atoms. The van der Waals surface area contributed by atoms with Gasteiger partial charge in [-0.3, -0.25) is 14.4 Å². The van der Waals surface area contributed by atoms with E-state index in [1.807, 2.05) is 91.9 Å². The highest BCUT2D eigenvalue weighted by Crippen LogP contribution is 2.55. The number of amides is 1. The van der Waals surface area contributed by atoms with Gasteiger partial charge in [0.2, 0.25) is 5.91 Å². The first-order chi connectivity index (χ1) is 17.9. The summed E-state index contributed by atoms with van der Waals surface area (Å²) in [6, 6.07) is 26.0. The molecule has 0 spiro atoms. The number of aliphatic carboxylic acids is 1. The molecule has 0 aliphatic heterocycles. The van der Waals surface area contributed by atoms with E-state index in [2.05, 4.69) is 5.32 Å². The Morgan fingerprint density at radius 1 is 0.892 bits per heavy atom. The maximum Gasteiger partial charge on any atom is 0.310 e. The summed E-state index contributed by atoms with van der Waals surface area (Å²) in [6.07, 6.45) is 1.15. The number of carbonyl (C=O) groups excluding carboxylic acids is 2. The average Bonchev–Trinajstić information content (AvgIpc) is 2.89. The number of ether oxygens (including phenoxy) is 2. The van der Waals surface area contributed by atoms with E-state index in [1.165, 1.54) is 0 Å². The summed E-state index contributed by atoms with van der Waals surface area (Å²) < 4.78 is 11.2. The lowest BCUT2D eigenvalue weighted by molar-refractivity contribution is -0.186. The topological polar surface area (TPSA) is 102 Å².